The number of anilines is 2. The van der Waals surface area contributed by atoms with Crippen LogP contribution in [0.4, 0.5) is 15.8 Å². The van der Waals surface area contributed by atoms with E-state index in [1.54, 1.807) is 23.5 Å². The Morgan fingerprint density at radius 1 is 1.29 bits per heavy atom. The van der Waals surface area contributed by atoms with Crippen LogP contribution >= 0.6 is 22.9 Å². The molecule has 0 aliphatic carbocycles. The van der Waals surface area contributed by atoms with Gasteiger partial charge in [-0.3, -0.25) is 0 Å². The first-order chi connectivity index (χ1) is 8.16. The van der Waals surface area contributed by atoms with Crippen molar-refractivity contribution >= 4 is 34.3 Å². The minimum Gasteiger partial charge on any atom is -0.395 e. The van der Waals surface area contributed by atoms with Gasteiger partial charge < -0.3 is 11.1 Å². The highest BCUT2D eigenvalue weighted by Crippen LogP contribution is 2.23. The van der Waals surface area contributed by atoms with Crippen molar-refractivity contribution in [1.29, 1.82) is 0 Å². The Bertz CT molecular complexity index is 513. The Morgan fingerprint density at radius 3 is 2.82 bits per heavy atom. The number of nitrogens with two attached hydrogens (primary N) is 1. The highest BCUT2D eigenvalue weighted by atomic mass is 35.5. The maximum atomic E-state index is 13.2. The molecule has 2 aromatic rings. The van der Waals surface area contributed by atoms with Gasteiger partial charge in [0, 0.05) is 11.4 Å². The van der Waals surface area contributed by atoms with Gasteiger partial charge in [0.15, 0.2) is 0 Å². The molecule has 0 bridgehead atoms. The van der Waals surface area contributed by atoms with Crippen LogP contribution in [0.25, 0.3) is 0 Å². The largest absolute Gasteiger partial charge is 0.395 e. The first-order valence-electron chi connectivity index (χ1n) is 5.19. The molecular formula is C12H12ClFN2S. The van der Waals surface area contributed by atoms with Crippen LogP contribution in [-0.2, 0) is 6.42 Å². The molecule has 0 saturated carbocycles. The Balaban J connectivity index is 1.92. The number of hydrogen-bond acceptors (Lipinski definition) is 3. The average molecular weight is 271 g/mol. The predicted molar refractivity (Wildman–Crippen MR) is 72.3 cm³/mol. The summed E-state index contributed by atoms with van der Waals surface area (Å²) < 4.78 is 13.9. The van der Waals surface area contributed by atoms with E-state index in [0.717, 1.165) is 10.8 Å². The van der Waals surface area contributed by atoms with Crippen LogP contribution in [0.1, 0.15) is 4.88 Å². The van der Waals surface area contributed by atoms with E-state index in [1.807, 2.05) is 12.1 Å². The molecule has 90 valence electrons. The van der Waals surface area contributed by atoms with Crippen LogP contribution in [0.2, 0.25) is 4.34 Å². The highest BCUT2D eigenvalue weighted by molar-refractivity contribution is 7.16. The van der Waals surface area contributed by atoms with Crippen LogP contribution in [-0.4, -0.2) is 6.54 Å². The second kappa shape index (κ2) is 5.38. The summed E-state index contributed by atoms with van der Waals surface area (Å²) in [7, 11) is 0. The second-order valence-corrected chi connectivity index (χ2v) is 5.38. The van der Waals surface area contributed by atoms with Crippen LogP contribution in [0.15, 0.2) is 30.3 Å². The van der Waals surface area contributed by atoms with E-state index in [9.17, 15) is 4.39 Å². The van der Waals surface area contributed by atoms with Gasteiger partial charge in [-0.25, -0.2) is 4.39 Å². The molecule has 0 unspecified atom stereocenters. The summed E-state index contributed by atoms with van der Waals surface area (Å²) in [4.78, 5) is 1.19. The molecule has 0 spiro atoms. The van der Waals surface area contributed by atoms with Crippen LogP contribution in [0.3, 0.4) is 0 Å². The van der Waals surface area contributed by atoms with Gasteiger partial charge in [0.1, 0.15) is 5.82 Å². The summed E-state index contributed by atoms with van der Waals surface area (Å²) in [6.07, 6.45) is 0.841. The fourth-order valence-corrected chi connectivity index (χ4v) is 2.58. The fourth-order valence-electron chi connectivity index (χ4n) is 1.50. The molecule has 17 heavy (non-hydrogen) atoms. The van der Waals surface area contributed by atoms with Gasteiger partial charge in [-0.1, -0.05) is 17.7 Å². The van der Waals surface area contributed by atoms with Crippen molar-refractivity contribution in [2.45, 2.75) is 6.42 Å². The molecule has 0 saturated heterocycles. The third-order valence-electron chi connectivity index (χ3n) is 2.37. The van der Waals surface area contributed by atoms with Gasteiger partial charge in [0.2, 0.25) is 0 Å². The number of halogens is 2. The van der Waals surface area contributed by atoms with E-state index in [0.29, 0.717) is 12.2 Å². The lowest BCUT2D eigenvalue weighted by Crippen LogP contribution is -2.07. The molecule has 0 atom stereocenters. The molecule has 2 nitrogen and oxygen atoms in total. The Morgan fingerprint density at radius 2 is 2.12 bits per heavy atom. The molecule has 1 aromatic carbocycles. The Kier molecular flexibility index (Phi) is 3.86. The first kappa shape index (κ1) is 12.2. The maximum absolute atomic E-state index is 13.2. The van der Waals surface area contributed by atoms with Crippen molar-refractivity contribution in [3.8, 4) is 0 Å². The molecule has 1 aromatic heterocycles. The SMILES string of the molecule is Nc1c(F)cccc1NCCc1ccc(Cl)s1. The standard InChI is InChI=1S/C12H12ClFN2S/c13-11-5-4-8(17-11)6-7-16-10-3-1-2-9(14)12(10)15/h1-5,16H,6-7,15H2. The Hall–Kier alpha value is -1.26. The van der Waals surface area contributed by atoms with Crippen molar-refractivity contribution in [3.63, 3.8) is 0 Å². The van der Waals surface area contributed by atoms with Gasteiger partial charge in [-0.2, -0.15) is 0 Å². The van der Waals surface area contributed by atoms with E-state index in [1.165, 1.54) is 10.9 Å². The van der Waals surface area contributed by atoms with Crippen molar-refractivity contribution in [2.75, 3.05) is 17.6 Å². The van der Waals surface area contributed by atoms with Crippen molar-refractivity contribution < 1.29 is 4.39 Å². The fraction of sp³-hybridized carbons (Fsp3) is 0.167. The molecule has 0 radical (unpaired) electrons. The number of nitrogen functional groups attached to an aromatic ring is 1. The topological polar surface area (TPSA) is 38.0 Å². The lowest BCUT2D eigenvalue weighted by Gasteiger charge is -2.08. The molecule has 1 heterocycles. The zero-order valence-electron chi connectivity index (χ0n) is 9.04. The summed E-state index contributed by atoms with van der Waals surface area (Å²) in [5.74, 6) is -0.394. The third kappa shape index (κ3) is 3.11. The summed E-state index contributed by atoms with van der Waals surface area (Å²) in [5.41, 5.74) is 6.41. The number of hydrogen-bond donors (Lipinski definition) is 2. The van der Waals surface area contributed by atoms with E-state index in [-0.39, 0.29) is 5.69 Å². The predicted octanol–water partition coefficient (Wildman–Crippen LogP) is 3.78. The van der Waals surface area contributed by atoms with Gasteiger partial charge in [0.05, 0.1) is 15.7 Å². The van der Waals surface area contributed by atoms with Crippen LogP contribution in [0, 0.1) is 5.82 Å². The summed E-state index contributed by atoms with van der Waals surface area (Å²) in [6, 6.07) is 8.61. The number of benzene rings is 1. The first-order valence-corrected chi connectivity index (χ1v) is 6.38. The summed E-state index contributed by atoms with van der Waals surface area (Å²) in [5, 5.41) is 3.11. The van der Waals surface area contributed by atoms with E-state index in [2.05, 4.69) is 5.32 Å². The minimum atomic E-state index is -0.394. The normalized spacial score (nSPS) is 10.5. The monoisotopic (exact) mass is 270 g/mol. The number of thiophene rings is 1. The molecule has 0 aliphatic heterocycles. The van der Waals surface area contributed by atoms with Crippen molar-refractivity contribution in [2.24, 2.45) is 0 Å². The molecular weight excluding hydrogens is 259 g/mol. The maximum Gasteiger partial charge on any atom is 0.148 e. The molecule has 0 aliphatic rings. The van der Waals surface area contributed by atoms with Gasteiger partial charge in [0.25, 0.3) is 0 Å². The van der Waals surface area contributed by atoms with Gasteiger partial charge in [-0.15, -0.1) is 11.3 Å². The Labute approximate surface area is 108 Å². The smallest absolute Gasteiger partial charge is 0.148 e. The lowest BCUT2D eigenvalue weighted by molar-refractivity contribution is 0.633. The van der Waals surface area contributed by atoms with Crippen LogP contribution in [0.5, 0.6) is 0 Å². The summed E-state index contributed by atoms with van der Waals surface area (Å²) >= 11 is 7.38. The summed E-state index contributed by atoms with van der Waals surface area (Å²) in [6.45, 7) is 0.699. The van der Waals surface area contributed by atoms with E-state index < -0.39 is 5.82 Å². The molecule has 0 fully saturated rings. The molecule has 3 N–H and O–H groups in total. The molecule has 2 rings (SSSR count). The van der Waals surface area contributed by atoms with E-state index in [4.69, 9.17) is 17.3 Å². The minimum absolute atomic E-state index is 0.164. The van der Waals surface area contributed by atoms with Crippen LogP contribution < -0.4 is 11.1 Å². The number of para-hydroxylation sites is 1. The number of rotatable bonds is 4. The van der Waals surface area contributed by atoms with E-state index >= 15 is 0 Å². The number of nitrogens with one attached hydrogen (secondary N) is 1. The van der Waals surface area contributed by atoms with Crippen molar-refractivity contribution in [3.05, 3.63) is 45.4 Å². The third-order valence-corrected chi connectivity index (χ3v) is 3.66. The van der Waals surface area contributed by atoms with Crippen molar-refractivity contribution in [1.82, 2.24) is 0 Å². The quantitative estimate of drug-likeness (QED) is 0.830. The zero-order valence-corrected chi connectivity index (χ0v) is 10.6. The van der Waals surface area contributed by atoms with Gasteiger partial charge in [-0.05, 0) is 30.7 Å². The highest BCUT2D eigenvalue weighted by Gasteiger charge is 2.03. The molecule has 5 heteroatoms. The van der Waals surface area contributed by atoms with Gasteiger partial charge >= 0.3 is 0 Å². The molecule has 0 amide bonds. The second-order valence-electron chi connectivity index (χ2n) is 3.58. The zero-order chi connectivity index (χ0) is 12.3. The average Bonchev–Trinajstić information content (AvgIpc) is 2.70. The lowest BCUT2D eigenvalue weighted by atomic mass is 10.2.